The normalized spacial score (nSPS) is 26.9. The molecular formula is C18H21Cl2N3O2S2. The van der Waals surface area contributed by atoms with Crippen molar-refractivity contribution in [1.29, 1.82) is 5.26 Å². The van der Waals surface area contributed by atoms with Crippen molar-refractivity contribution in [2.75, 3.05) is 7.05 Å². The lowest BCUT2D eigenvalue weighted by Gasteiger charge is -2.54. The van der Waals surface area contributed by atoms with Crippen molar-refractivity contribution in [2.24, 2.45) is 0 Å². The molecule has 1 aliphatic heterocycles. The number of hydrogen-bond donors (Lipinski definition) is 2. The van der Waals surface area contributed by atoms with E-state index in [0.717, 1.165) is 5.56 Å². The fourth-order valence-electron chi connectivity index (χ4n) is 3.25. The Kier molecular flexibility index (Phi) is 6.68. The van der Waals surface area contributed by atoms with Crippen LogP contribution >= 0.6 is 48.5 Å². The second-order valence-electron chi connectivity index (χ2n) is 6.63. The average molecular weight is 446 g/mol. The van der Waals surface area contributed by atoms with Crippen molar-refractivity contribution in [1.82, 2.24) is 9.80 Å². The maximum absolute atomic E-state index is 13.4. The molecule has 0 aromatic heterocycles. The number of thiol groups is 2. The molecule has 0 saturated carbocycles. The molecule has 146 valence electrons. The van der Waals surface area contributed by atoms with Gasteiger partial charge in [0, 0.05) is 19.9 Å². The summed E-state index contributed by atoms with van der Waals surface area (Å²) < 4.78 is 0. The van der Waals surface area contributed by atoms with Crippen molar-refractivity contribution in [3.63, 3.8) is 0 Å². The number of nitriles is 1. The SMILES string of the molecule is CC[C@H](c1ccc(Cl)c(Cl)c1)N1C(=O)[C@@](C)(S)N(C)C(=O)[C@]1(S)CCC#N. The number of nitrogens with zero attached hydrogens (tertiary/aromatic N) is 3. The van der Waals surface area contributed by atoms with Crippen molar-refractivity contribution in [2.45, 2.75) is 48.9 Å². The number of carbonyl (C=O) groups is 2. The molecule has 2 amide bonds. The highest BCUT2D eigenvalue weighted by Gasteiger charge is 2.58. The first-order valence-electron chi connectivity index (χ1n) is 8.41. The molecule has 1 aromatic rings. The number of carbonyl (C=O) groups excluding carboxylic acids is 2. The van der Waals surface area contributed by atoms with E-state index in [0.29, 0.717) is 16.5 Å². The van der Waals surface area contributed by atoms with Gasteiger partial charge >= 0.3 is 0 Å². The topological polar surface area (TPSA) is 64.4 Å². The molecule has 1 fully saturated rings. The van der Waals surface area contributed by atoms with E-state index >= 15 is 0 Å². The zero-order chi connectivity index (χ0) is 20.6. The van der Waals surface area contributed by atoms with E-state index in [1.54, 1.807) is 25.1 Å². The van der Waals surface area contributed by atoms with Gasteiger partial charge in [-0.2, -0.15) is 5.26 Å². The molecule has 1 heterocycles. The second-order valence-corrected chi connectivity index (χ2v) is 9.06. The van der Waals surface area contributed by atoms with E-state index < -0.39 is 15.8 Å². The zero-order valence-electron chi connectivity index (χ0n) is 15.2. The number of amides is 2. The summed E-state index contributed by atoms with van der Waals surface area (Å²) in [7, 11) is 1.52. The number of hydrogen-bond acceptors (Lipinski definition) is 5. The van der Waals surface area contributed by atoms with E-state index in [4.69, 9.17) is 28.5 Å². The van der Waals surface area contributed by atoms with E-state index in [1.165, 1.54) is 16.8 Å². The molecule has 27 heavy (non-hydrogen) atoms. The van der Waals surface area contributed by atoms with Crippen LogP contribution in [-0.4, -0.2) is 38.4 Å². The van der Waals surface area contributed by atoms with Gasteiger partial charge in [0.1, 0.15) is 0 Å². The fourth-order valence-corrected chi connectivity index (χ4v) is 4.25. The van der Waals surface area contributed by atoms with E-state index in [9.17, 15) is 9.59 Å². The maximum atomic E-state index is 13.4. The zero-order valence-corrected chi connectivity index (χ0v) is 18.5. The van der Waals surface area contributed by atoms with Crippen LogP contribution in [0.3, 0.4) is 0 Å². The summed E-state index contributed by atoms with van der Waals surface area (Å²) in [6, 6.07) is 6.66. The Bertz CT molecular complexity index is 812. The first-order valence-corrected chi connectivity index (χ1v) is 10.1. The fraction of sp³-hybridized carbons (Fsp3) is 0.500. The molecule has 2 rings (SSSR count). The van der Waals surface area contributed by atoms with Crippen molar-refractivity contribution in [3.8, 4) is 6.07 Å². The monoisotopic (exact) mass is 445 g/mol. The van der Waals surface area contributed by atoms with Crippen LogP contribution in [0.15, 0.2) is 18.2 Å². The van der Waals surface area contributed by atoms with Gasteiger partial charge in [0.05, 0.1) is 22.2 Å². The highest BCUT2D eigenvalue weighted by molar-refractivity contribution is 7.83. The van der Waals surface area contributed by atoms with E-state index in [-0.39, 0.29) is 24.7 Å². The lowest BCUT2D eigenvalue weighted by atomic mass is 9.93. The molecule has 0 radical (unpaired) electrons. The maximum Gasteiger partial charge on any atom is 0.260 e. The summed E-state index contributed by atoms with van der Waals surface area (Å²) in [4.78, 5) is 26.4. The Morgan fingerprint density at radius 2 is 1.85 bits per heavy atom. The molecule has 0 bridgehead atoms. The Morgan fingerprint density at radius 1 is 1.22 bits per heavy atom. The minimum Gasteiger partial charge on any atom is -0.320 e. The van der Waals surface area contributed by atoms with Crippen molar-refractivity contribution < 1.29 is 9.59 Å². The standard InChI is InChI=1S/C18H21Cl2N3O2S2/c1-4-14(11-6-7-12(19)13(20)10-11)23-15(24)17(2,26)22(3)16(25)18(23,27)8-5-9-21/h6-7,10,14,26-27H,4-5,8H2,1-3H3/t14-,17-,18-/m1/s1. The predicted molar refractivity (Wildman–Crippen MR) is 113 cm³/mol. The van der Waals surface area contributed by atoms with Crippen molar-refractivity contribution >= 4 is 60.3 Å². The number of halogens is 2. The van der Waals surface area contributed by atoms with Gasteiger partial charge in [0.15, 0.2) is 9.74 Å². The lowest BCUT2D eigenvalue weighted by molar-refractivity contribution is -0.167. The predicted octanol–water partition coefficient (Wildman–Crippen LogP) is 4.32. The van der Waals surface area contributed by atoms with Crippen LogP contribution in [0, 0.1) is 11.3 Å². The second kappa shape index (κ2) is 8.12. The Labute approximate surface area is 180 Å². The molecule has 1 aromatic carbocycles. The Hall–Kier alpha value is -1.07. The average Bonchev–Trinajstić information content (AvgIpc) is 2.63. The summed E-state index contributed by atoms with van der Waals surface area (Å²) >= 11 is 21.3. The van der Waals surface area contributed by atoms with Gasteiger partial charge in [-0.25, -0.2) is 0 Å². The quantitative estimate of drug-likeness (QED) is 0.663. The number of rotatable bonds is 5. The minimum absolute atomic E-state index is 0.0773. The molecule has 0 N–H and O–H groups in total. The van der Waals surface area contributed by atoms with Gasteiger partial charge in [0.2, 0.25) is 0 Å². The van der Waals surface area contributed by atoms with Crippen LogP contribution in [0.4, 0.5) is 0 Å². The van der Waals surface area contributed by atoms with Gasteiger partial charge in [-0.3, -0.25) is 9.59 Å². The molecule has 0 spiro atoms. The molecule has 9 heteroatoms. The largest absolute Gasteiger partial charge is 0.320 e. The first-order chi connectivity index (χ1) is 12.5. The summed E-state index contributed by atoms with van der Waals surface area (Å²) in [5.41, 5.74) is 0.733. The van der Waals surface area contributed by atoms with Crippen LogP contribution in [0.25, 0.3) is 0 Å². The van der Waals surface area contributed by atoms with E-state index in [2.05, 4.69) is 25.3 Å². The molecule has 1 aliphatic rings. The van der Waals surface area contributed by atoms with E-state index in [1.807, 2.05) is 13.0 Å². The van der Waals surface area contributed by atoms with Crippen molar-refractivity contribution in [3.05, 3.63) is 33.8 Å². The molecule has 3 atom stereocenters. The Balaban J connectivity index is 2.64. The highest BCUT2D eigenvalue weighted by Crippen LogP contribution is 2.45. The van der Waals surface area contributed by atoms with Gasteiger partial charge in [-0.1, -0.05) is 36.2 Å². The van der Waals surface area contributed by atoms with Gasteiger partial charge in [0.25, 0.3) is 11.8 Å². The first kappa shape index (κ1) is 22.2. The molecule has 5 nitrogen and oxygen atoms in total. The third kappa shape index (κ3) is 3.77. The van der Waals surface area contributed by atoms with Crippen LogP contribution in [0.1, 0.15) is 44.7 Å². The highest BCUT2D eigenvalue weighted by atomic mass is 35.5. The number of likely N-dealkylation sites (N-methyl/N-ethyl adjacent to an activating group) is 1. The molecule has 1 saturated heterocycles. The van der Waals surface area contributed by atoms with Crippen LogP contribution < -0.4 is 0 Å². The van der Waals surface area contributed by atoms with Crippen LogP contribution in [-0.2, 0) is 9.59 Å². The molecular weight excluding hydrogens is 425 g/mol. The lowest BCUT2D eigenvalue weighted by Crippen LogP contribution is -2.72. The van der Waals surface area contributed by atoms with Crippen LogP contribution in [0.5, 0.6) is 0 Å². The third-order valence-corrected chi connectivity index (χ3v) is 6.80. The molecule has 0 unspecified atom stereocenters. The number of benzene rings is 1. The smallest absolute Gasteiger partial charge is 0.260 e. The minimum atomic E-state index is -1.46. The van der Waals surface area contributed by atoms with Gasteiger partial charge in [-0.15, -0.1) is 25.3 Å². The number of piperazine rings is 1. The van der Waals surface area contributed by atoms with Crippen LogP contribution in [0.2, 0.25) is 10.0 Å². The van der Waals surface area contributed by atoms with Gasteiger partial charge in [-0.05, 0) is 31.0 Å². The third-order valence-electron chi connectivity index (χ3n) is 4.93. The summed E-state index contributed by atoms with van der Waals surface area (Å²) in [5.74, 6) is -0.740. The summed E-state index contributed by atoms with van der Waals surface area (Å²) in [6.07, 6.45) is 0.691. The summed E-state index contributed by atoms with van der Waals surface area (Å²) in [5, 5.41) is 9.80. The summed E-state index contributed by atoms with van der Waals surface area (Å²) in [6.45, 7) is 3.47. The van der Waals surface area contributed by atoms with Gasteiger partial charge < -0.3 is 9.80 Å². The Morgan fingerprint density at radius 3 is 2.37 bits per heavy atom. The molecule has 0 aliphatic carbocycles.